The molecule has 2 aromatic rings. The normalized spacial score (nSPS) is 12.6. The Hall–Kier alpha value is -2.28. The fourth-order valence-electron chi connectivity index (χ4n) is 2.71. The molecule has 1 aromatic heterocycles. The van der Waals surface area contributed by atoms with Crippen molar-refractivity contribution in [2.75, 3.05) is 0 Å². The molecule has 7 heteroatoms. The first kappa shape index (κ1) is 22.0. The second-order valence-electron chi connectivity index (χ2n) is 7.75. The molecular weight excluding hydrogens is 374 g/mol. The SMILES string of the molecule is CCC(=N)CCCC[C@H](NC(=O)OC(C)(C)C)C(=O)c1nc2ccccc2s1. The molecule has 28 heavy (non-hydrogen) atoms. The third-order valence-corrected chi connectivity index (χ3v) is 5.21. The van der Waals surface area contributed by atoms with Gasteiger partial charge < -0.3 is 15.5 Å². The molecule has 0 aliphatic carbocycles. The van der Waals surface area contributed by atoms with Gasteiger partial charge in [0.05, 0.1) is 16.3 Å². The van der Waals surface area contributed by atoms with Crippen molar-refractivity contribution < 1.29 is 14.3 Å². The van der Waals surface area contributed by atoms with Crippen molar-refractivity contribution in [3.05, 3.63) is 29.3 Å². The van der Waals surface area contributed by atoms with Crippen molar-refractivity contribution in [3.8, 4) is 0 Å². The van der Waals surface area contributed by atoms with E-state index in [0.29, 0.717) is 23.6 Å². The van der Waals surface area contributed by atoms with Gasteiger partial charge in [-0.2, -0.15) is 0 Å². The van der Waals surface area contributed by atoms with Crippen LogP contribution in [-0.4, -0.2) is 34.2 Å². The molecule has 2 N–H and O–H groups in total. The molecule has 0 saturated heterocycles. The van der Waals surface area contributed by atoms with Crippen LogP contribution in [0.4, 0.5) is 4.79 Å². The molecule has 2 rings (SSSR count). The van der Waals surface area contributed by atoms with E-state index in [4.69, 9.17) is 10.1 Å². The monoisotopic (exact) mass is 403 g/mol. The van der Waals surface area contributed by atoms with E-state index in [0.717, 1.165) is 29.5 Å². The summed E-state index contributed by atoms with van der Waals surface area (Å²) in [6.45, 7) is 7.32. The summed E-state index contributed by atoms with van der Waals surface area (Å²) in [5.74, 6) is -0.197. The molecule has 0 radical (unpaired) electrons. The van der Waals surface area contributed by atoms with Gasteiger partial charge in [0.25, 0.3) is 0 Å². The number of para-hydroxylation sites is 1. The average molecular weight is 404 g/mol. The van der Waals surface area contributed by atoms with E-state index in [1.54, 1.807) is 20.8 Å². The number of carbonyl (C=O) groups excluding carboxylic acids is 2. The van der Waals surface area contributed by atoms with Crippen LogP contribution in [0.25, 0.3) is 10.2 Å². The number of alkyl carbamates (subject to hydrolysis) is 1. The summed E-state index contributed by atoms with van der Waals surface area (Å²) < 4.78 is 6.26. The Morgan fingerprint density at radius 2 is 1.96 bits per heavy atom. The maximum atomic E-state index is 13.0. The average Bonchev–Trinajstić information content (AvgIpc) is 3.06. The van der Waals surface area contributed by atoms with Crippen LogP contribution in [0.5, 0.6) is 0 Å². The van der Waals surface area contributed by atoms with E-state index >= 15 is 0 Å². The third kappa shape index (κ3) is 6.71. The summed E-state index contributed by atoms with van der Waals surface area (Å²) in [4.78, 5) is 29.7. The van der Waals surface area contributed by atoms with Crippen molar-refractivity contribution in [1.82, 2.24) is 10.3 Å². The standard InChI is InChI=1S/C21H29N3O3S/c1-5-14(22)10-6-7-12-16(24-20(26)27-21(2,3)4)18(25)19-23-15-11-8-9-13-17(15)28-19/h8-9,11,13,16,22H,5-7,10,12H2,1-4H3,(H,24,26)/t16-/m0/s1. The van der Waals surface area contributed by atoms with Gasteiger partial charge in [0.1, 0.15) is 5.60 Å². The Labute approximate surface area is 170 Å². The van der Waals surface area contributed by atoms with Crippen LogP contribution in [0.15, 0.2) is 24.3 Å². The number of amides is 1. The van der Waals surface area contributed by atoms with Gasteiger partial charge in [0.2, 0.25) is 5.78 Å². The summed E-state index contributed by atoms with van der Waals surface area (Å²) in [7, 11) is 0. The molecule has 0 saturated carbocycles. The smallest absolute Gasteiger partial charge is 0.408 e. The van der Waals surface area contributed by atoms with E-state index in [2.05, 4.69) is 10.3 Å². The van der Waals surface area contributed by atoms with Crippen LogP contribution in [0.2, 0.25) is 0 Å². The number of carbonyl (C=O) groups is 2. The number of thiazole rings is 1. The summed E-state index contributed by atoms with van der Waals surface area (Å²) in [5, 5.41) is 10.9. The second kappa shape index (κ2) is 9.78. The van der Waals surface area contributed by atoms with Gasteiger partial charge in [-0.1, -0.05) is 25.5 Å². The molecule has 0 bridgehead atoms. The number of benzene rings is 1. The van der Waals surface area contributed by atoms with Crippen LogP contribution < -0.4 is 5.32 Å². The van der Waals surface area contributed by atoms with Crippen LogP contribution in [0.1, 0.15) is 69.6 Å². The van der Waals surface area contributed by atoms with Crippen molar-refractivity contribution in [1.29, 1.82) is 5.41 Å². The molecule has 1 atom stereocenters. The van der Waals surface area contributed by atoms with Crippen LogP contribution in [0, 0.1) is 5.41 Å². The zero-order valence-electron chi connectivity index (χ0n) is 17.0. The Bertz CT molecular complexity index is 806. The number of hydrogen-bond acceptors (Lipinski definition) is 6. The first-order valence-corrected chi connectivity index (χ1v) is 10.5. The van der Waals surface area contributed by atoms with E-state index in [1.807, 2.05) is 31.2 Å². The van der Waals surface area contributed by atoms with Gasteiger partial charge in [-0.05, 0) is 58.6 Å². The molecule has 152 valence electrons. The van der Waals surface area contributed by atoms with Crippen molar-refractivity contribution >= 4 is 39.1 Å². The number of nitrogens with one attached hydrogen (secondary N) is 2. The highest BCUT2D eigenvalue weighted by Gasteiger charge is 2.27. The Morgan fingerprint density at radius 3 is 2.61 bits per heavy atom. The quantitative estimate of drug-likeness (QED) is 0.335. The number of fused-ring (bicyclic) bond motifs is 1. The fourth-order valence-corrected chi connectivity index (χ4v) is 3.67. The topological polar surface area (TPSA) is 92.1 Å². The highest BCUT2D eigenvalue weighted by atomic mass is 32.1. The maximum absolute atomic E-state index is 13.0. The Balaban J connectivity index is 2.09. The predicted molar refractivity (Wildman–Crippen MR) is 114 cm³/mol. The molecule has 1 heterocycles. The van der Waals surface area contributed by atoms with Crippen LogP contribution in [0.3, 0.4) is 0 Å². The zero-order valence-corrected chi connectivity index (χ0v) is 17.8. The van der Waals surface area contributed by atoms with Crippen LogP contribution in [-0.2, 0) is 4.74 Å². The van der Waals surface area contributed by atoms with Crippen molar-refractivity contribution in [2.45, 2.75) is 71.4 Å². The number of ketones is 1. The Morgan fingerprint density at radius 1 is 1.25 bits per heavy atom. The molecular formula is C21H29N3O3S. The van der Waals surface area contributed by atoms with Gasteiger partial charge in [0.15, 0.2) is 5.01 Å². The molecule has 1 amide bonds. The number of nitrogens with zero attached hydrogens (tertiary/aromatic N) is 1. The molecule has 0 spiro atoms. The lowest BCUT2D eigenvalue weighted by Crippen LogP contribution is -2.43. The second-order valence-corrected chi connectivity index (χ2v) is 8.78. The first-order chi connectivity index (χ1) is 13.2. The van der Waals surface area contributed by atoms with Gasteiger partial charge in [-0.25, -0.2) is 9.78 Å². The number of unbranched alkanes of at least 4 members (excludes halogenated alkanes) is 1. The molecule has 0 aliphatic heterocycles. The lowest BCUT2D eigenvalue weighted by atomic mass is 10.0. The highest BCUT2D eigenvalue weighted by molar-refractivity contribution is 7.20. The first-order valence-electron chi connectivity index (χ1n) is 9.65. The van der Waals surface area contributed by atoms with Crippen molar-refractivity contribution in [2.24, 2.45) is 0 Å². The minimum Gasteiger partial charge on any atom is -0.444 e. The highest BCUT2D eigenvalue weighted by Crippen LogP contribution is 2.23. The predicted octanol–water partition coefficient (Wildman–Crippen LogP) is 5.36. The molecule has 0 fully saturated rings. The van der Waals surface area contributed by atoms with Gasteiger partial charge in [0, 0.05) is 5.71 Å². The molecule has 0 aliphatic rings. The van der Waals surface area contributed by atoms with E-state index in [-0.39, 0.29) is 5.78 Å². The van der Waals surface area contributed by atoms with Gasteiger partial charge in [-0.15, -0.1) is 11.3 Å². The van der Waals surface area contributed by atoms with E-state index < -0.39 is 17.7 Å². The number of rotatable bonds is 9. The minimum absolute atomic E-state index is 0.197. The molecule has 0 unspecified atom stereocenters. The summed E-state index contributed by atoms with van der Waals surface area (Å²) in [6, 6.07) is 6.90. The number of Topliss-reactive ketones (excluding diaryl/α,β-unsaturated/α-hetero) is 1. The summed E-state index contributed by atoms with van der Waals surface area (Å²) in [6.07, 6.45) is 2.89. The molecule has 6 nitrogen and oxygen atoms in total. The number of aromatic nitrogens is 1. The number of ether oxygens (including phenoxy) is 1. The summed E-state index contributed by atoms with van der Waals surface area (Å²) in [5.41, 5.74) is 0.849. The van der Waals surface area contributed by atoms with Crippen LogP contribution >= 0.6 is 11.3 Å². The molecule has 1 aromatic carbocycles. The lowest BCUT2D eigenvalue weighted by molar-refractivity contribution is 0.0488. The van der Waals surface area contributed by atoms with E-state index in [1.165, 1.54) is 11.3 Å². The minimum atomic E-state index is -0.689. The largest absolute Gasteiger partial charge is 0.444 e. The zero-order chi connectivity index (χ0) is 20.7. The van der Waals surface area contributed by atoms with Crippen molar-refractivity contribution in [3.63, 3.8) is 0 Å². The summed E-state index contributed by atoms with van der Waals surface area (Å²) >= 11 is 1.33. The lowest BCUT2D eigenvalue weighted by Gasteiger charge is -2.22. The fraction of sp³-hybridized carbons (Fsp3) is 0.524. The van der Waals surface area contributed by atoms with Gasteiger partial charge in [-0.3, -0.25) is 4.79 Å². The number of hydrogen-bond donors (Lipinski definition) is 2. The van der Waals surface area contributed by atoms with E-state index in [9.17, 15) is 9.59 Å². The maximum Gasteiger partial charge on any atom is 0.408 e. The third-order valence-electron chi connectivity index (χ3n) is 4.16. The Kier molecular flexibility index (Phi) is 7.69. The van der Waals surface area contributed by atoms with Gasteiger partial charge >= 0.3 is 6.09 Å².